The molecule has 0 N–H and O–H groups in total. The lowest BCUT2D eigenvalue weighted by Gasteiger charge is -2.11. The van der Waals surface area contributed by atoms with E-state index in [4.69, 9.17) is 4.98 Å². The van der Waals surface area contributed by atoms with E-state index in [-0.39, 0.29) is 0 Å². The number of para-hydroxylation sites is 1. The summed E-state index contributed by atoms with van der Waals surface area (Å²) in [7, 11) is 2.19. The molecule has 0 aliphatic heterocycles. The number of hydrogen-bond acceptors (Lipinski definition) is 1. The number of imidazole rings is 1. The van der Waals surface area contributed by atoms with Crippen LogP contribution in [0.25, 0.3) is 38.5 Å². The number of aromatic nitrogens is 3. The average molecular weight is 383 g/mol. The molecule has 3 nitrogen and oxygen atoms in total. The van der Waals surface area contributed by atoms with Crippen molar-refractivity contribution in [2.24, 2.45) is 7.05 Å². The van der Waals surface area contributed by atoms with Crippen molar-refractivity contribution in [1.82, 2.24) is 9.55 Å². The summed E-state index contributed by atoms with van der Waals surface area (Å²) in [6, 6.07) is 17.8. The van der Waals surface area contributed by atoms with Gasteiger partial charge in [0.25, 0.3) is 5.65 Å². The summed E-state index contributed by atoms with van der Waals surface area (Å²) in [6.45, 7) is 11.2. The molecule has 0 radical (unpaired) electrons. The van der Waals surface area contributed by atoms with Crippen LogP contribution in [0.2, 0.25) is 0 Å². The van der Waals surface area contributed by atoms with Gasteiger partial charge in [-0.05, 0) is 60.2 Å². The van der Waals surface area contributed by atoms with Crippen LogP contribution in [-0.4, -0.2) is 9.55 Å². The van der Waals surface area contributed by atoms with Crippen LogP contribution >= 0.6 is 0 Å². The standard InChI is InChI=1S/C26H28N3/c1-15(2)18-11-12-22-23(14-18)28(6)26-24-17(5)13-20(16(3)4)27-25(24)19-9-7-8-10-21(19)29(22)26/h7-16H,1-6H3/q+1. The quantitative estimate of drug-likeness (QED) is 0.264. The molecule has 29 heavy (non-hydrogen) atoms. The minimum atomic E-state index is 0.404. The Morgan fingerprint density at radius 2 is 1.66 bits per heavy atom. The number of rotatable bonds is 2. The van der Waals surface area contributed by atoms with Gasteiger partial charge in [0.2, 0.25) is 0 Å². The van der Waals surface area contributed by atoms with Gasteiger partial charge in [0.15, 0.2) is 11.0 Å². The van der Waals surface area contributed by atoms with Gasteiger partial charge < -0.3 is 0 Å². The van der Waals surface area contributed by atoms with Crippen molar-refractivity contribution in [1.29, 1.82) is 0 Å². The van der Waals surface area contributed by atoms with E-state index in [0.29, 0.717) is 11.8 Å². The second-order valence-corrected chi connectivity index (χ2v) is 8.88. The highest BCUT2D eigenvalue weighted by atomic mass is 15.1. The van der Waals surface area contributed by atoms with E-state index in [0.717, 1.165) is 11.2 Å². The van der Waals surface area contributed by atoms with Crippen LogP contribution in [0.4, 0.5) is 0 Å². The van der Waals surface area contributed by atoms with E-state index in [1.165, 1.54) is 44.1 Å². The smallest absolute Gasteiger partial charge is 0.251 e. The van der Waals surface area contributed by atoms with Crippen molar-refractivity contribution >= 4 is 38.5 Å². The lowest BCUT2D eigenvalue weighted by atomic mass is 10.0. The topological polar surface area (TPSA) is 21.9 Å². The molecule has 3 heteroatoms. The summed E-state index contributed by atoms with van der Waals surface area (Å²) in [5.41, 5.74) is 9.87. The number of nitrogens with zero attached hydrogens (tertiary/aromatic N) is 3. The van der Waals surface area contributed by atoms with Crippen molar-refractivity contribution in [3.8, 4) is 0 Å². The molecular weight excluding hydrogens is 354 g/mol. The lowest BCUT2D eigenvalue weighted by molar-refractivity contribution is -0.449. The minimum Gasteiger partial charge on any atom is -0.251 e. The van der Waals surface area contributed by atoms with Gasteiger partial charge in [-0.15, -0.1) is 0 Å². The summed E-state index contributed by atoms with van der Waals surface area (Å²) in [4.78, 5) is 5.14. The number of hydrogen-bond donors (Lipinski definition) is 0. The Balaban J connectivity index is 2.10. The van der Waals surface area contributed by atoms with E-state index >= 15 is 0 Å². The molecule has 2 aromatic carbocycles. The maximum atomic E-state index is 5.14. The van der Waals surface area contributed by atoms with Crippen LogP contribution in [0, 0.1) is 6.92 Å². The summed E-state index contributed by atoms with van der Waals surface area (Å²) in [5, 5.41) is 2.46. The largest absolute Gasteiger partial charge is 0.297 e. The van der Waals surface area contributed by atoms with Crippen LogP contribution in [0.3, 0.4) is 0 Å². The van der Waals surface area contributed by atoms with Crippen molar-refractivity contribution in [3.63, 3.8) is 0 Å². The number of aryl methyl sites for hydroxylation is 2. The van der Waals surface area contributed by atoms with E-state index < -0.39 is 0 Å². The van der Waals surface area contributed by atoms with Gasteiger partial charge in [0.1, 0.15) is 5.52 Å². The van der Waals surface area contributed by atoms with Crippen LogP contribution in [0.5, 0.6) is 0 Å². The Hall–Kier alpha value is -2.94. The first kappa shape index (κ1) is 18.1. The van der Waals surface area contributed by atoms with Gasteiger partial charge in [0.05, 0.1) is 18.0 Å². The van der Waals surface area contributed by atoms with Gasteiger partial charge in [-0.3, -0.25) is 4.98 Å². The summed E-state index contributed by atoms with van der Waals surface area (Å²) < 4.78 is 4.76. The second kappa shape index (κ2) is 6.28. The molecule has 146 valence electrons. The lowest BCUT2D eigenvalue weighted by Crippen LogP contribution is -2.23. The third-order valence-electron chi connectivity index (χ3n) is 6.25. The first-order valence-corrected chi connectivity index (χ1v) is 10.5. The van der Waals surface area contributed by atoms with E-state index in [1.807, 2.05) is 0 Å². The summed E-state index contributed by atoms with van der Waals surface area (Å²) in [6.07, 6.45) is 0. The van der Waals surface area contributed by atoms with Gasteiger partial charge >= 0.3 is 0 Å². The molecule has 0 aliphatic rings. The Bertz CT molecular complexity index is 1420. The van der Waals surface area contributed by atoms with Crippen molar-refractivity contribution < 1.29 is 4.40 Å². The third-order valence-corrected chi connectivity index (χ3v) is 6.25. The predicted octanol–water partition coefficient (Wildman–Crippen LogP) is 6.17. The van der Waals surface area contributed by atoms with Gasteiger partial charge in [-0.2, -0.15) is 4.40 Å². The van der Waals surface area contributed by atoms with Crippen LogP contribution in [-0.2, 0) is 7.05 Å². The van der Waals surface area contributed by atoms with Gasteiger partial charge in [0, 0.05) is 11.1 Å². The first-order chi connectivity index (χ1) is 13.9. The molecule has 3 heterocycles. The Labute approximate surface area is 171 Å². The Morgan fingerprint density at radius 1 is 0.897 bits per heavy atom. The molecule has 0 aliphatic carbocycles. The van der Waals surface area contributed by atoms with Crippen molar-refractivity contribution in [2.45, 2.75) is 46.5 Å². The first-order valence-electron chi connectivity index (χ1n) is 10.5. The number of benzene rings is 2. The molecule has 0 unspecified atom stereocenters. The van der Waals surface area contributed by atoms with E-state index in [9.17, 15) is 0 Å². The molecule has 0 saturated carbocycles. The zero-order valence-corrected chi connectivity index (χ0v) is 18.1. The van der Waals surface area contributed by atoms with Gasteiger partial charge in [-0.25, -0.2) is 4.57 Å². The molecule has 3 aromatic heterocycles. The van der Waals surface area contributed by atoms with E-state index in [1.54, 1.807) is 0 Å². The van der Waals surface area contributed by atoms with Crippen LogP contribution < -0.4 is 4.40 Å². The summed E-state index contributed by atoms with van der Waals surface area (Å²) in [5.74, 6) is 0.911. The zero-order valence-electron chi connectivity index (χ0n) is 18.1. The molecule has 0 amide bonds. The van der Waals surface area contributed by atoms with Crippen LogP contribution in [0.1, 0.15) is 56.4 Å². The minimum absolute atomic E-state index is 0.404. The van der Waals surface area contributed by atoms with Crippen molar-refractivity contribution in [2.75, 3.05) is 0 Å². The molecule has 0 saturated heterocycles. The molecule has 0 atom stereocenters. The molecule has 0 spiro atoms. The zero-order chi connectivity index (χ0) is 20.4. The predicted molar refractivity (Wildman–Crippen MR) is 122 cm³/mol. The SMILES string of the molecule is Cc1cc(C(C)C)nc2c3ccccc3[n+]3c4ccc(C(C)C)cc4n(C)c3c12. The monoisotopic (exact) mass is 382 g/mol. The Morgan fingerprint density at radius 3 is 2.38 bits per heavy atom. The summed E-state index contributed by atoms with van der Waals surface area (Å²) >= 11 is 0. The highest BCUT2D eigenvalue weighted by Crippen LogP contribution is 2.32. The normalized spacial score (nSPS) is 12.4. The van der Waals surface area contributed by atoms with Gasteiger partial charge in [-0.1, -0.05) is 45.9 Å². The maximum absolute atomic E-state index is 5.14. The van der Waals surface area contributed by atoms with E-state index in [2.05, 4.69) is 99.2 Å². The molecule has 5 aromatic rings. The fourth-order valence-corrected chi connectivity index (χ4v) is 4.60. The second-order valence-electron chi connectivity index (χ2n) is 8.88. The highest BCUT2D eigenvalue weighted by Gasteiger charge is 2.25. The van der Waals surface area contributed by atoms with Crippen molar-refractivity contribution in [3.05, 3.63) is 65.4 Å². The molecule has 5 rings (SSSR count). The fourth-order valence-electron chi connectivity index (χ4n) is 4.60. The molecule has 0 bridgehead atoms. The average Bonchev–Trinajstić information content (AvgIpc) is 3.00. The third kappa shape index (κ3) is 2.50. The fraction of sp³-hybridized carbons (Fsp3) is 0.308. The number of fused-ring (bicyclic) bond motifs is 8. The maximum Gasteiger partial charge on any atom is 0.297 e. The highest BCUT2D eigenvalue weighted by molar-refractivity contribution is 6.09. The van der Waals surface area contributed by atoms with Crippen LogP contribution in [0.15, 0.2) is 48.5 Å². The Kier molecular flexibility index (Phi) is 3.92. The molecular formula is C26H28N3+. The molecule has 0 fully saturated rings. The number of pyridine rings is 2.